The van der Waals surface area contributed by atoms with Crippen LogP contribution in [-0.4, -0.2) is 31.4 Å². The first-order valence-electron chi connectivity index (χ1n) is 11.6. The maximum absolute atomic E-state index is 13.7. The Labute approximate surface area is 208 Å². The molecule has 35 heavy (non-hydrogen) atoms. The van der Waals surface area contributed by atoms with Crippen molar-refractivity contribution in [3.8, 4) is 0 Å². The topological polar surface area (TPSA) is 78.8 Å². The van der Waals surface area contributed by atoms with Crippen molar-refractivity contribution in [3.05, 3.63) is 100 Å². The van der Waals surface area contributed by atoms with Crippen molar-refractivity contribution in [1.29, 1.82) is 0 Å². The first kappa shape index (κ1) is 26.3. The van der Waals surface area contributed by atoms with Gasteiger partial charge in [0.25, 0.3) is 5.91 Å². The summed E-state index contributed by atoms with van der Waals surface area (Å²) in [5.41, 5.74) is 7.62. The zero-order chi connectivity index (χ0) is 25.6. The van der Waals surface area contributed by atoms with E-state index < -0.39 is 15.9 Å². The fourth-order valence-corrected chi connectivity index (χ4v) is 5.85. The summed E-state index contributed by atoms with van der Waals surface area (Å²) in [4.78, 5) is 13.0. The lowest BCUT2D eigenvalue weighted by molar-refractivity contribution is -0.121. The Balaban J connectivity index is 1.81. The molecular formula is C28H33N3O3S. The first-order valence-corrected chi connectivity index (χ1v) is 13.1. The van der Waals surface area contributed by atoms with E-state index in [1.165, 1.54) is 9.87 Å². The molecule has 0 radical (unpaired) electrons. The van der Waals surface area contributed by atoms with Gasteiger partial charge >= 0.3 is 0 Å². The van der Waals surface area contributed by atoms with Gasteiger partial charge in [0.1, 0.15) is 0 Å². The maximum atomic E-state index is 13.7. The average molecular weight is 492 g/mol. The Morgan fingerprint density at radius 2 is 1.57 bits per heavy atom. The number of nitrogens with zero attached hydrogens (tertiary/aromatic N) is 2. The molecule has 3 aromatic carbocycles. The SMILES string of the molecule is Cc1cc(C)c(S(=O)(=O)N(CC(=O)N/N=C\c2ccc(C(C)C)cc2)Cc2ccccc2)c(C)c1. The summed E-state index contributed by atoms with van der Waals surface area (Å²) in [5.74, 6) is -0.0824. The number of benzene rings is 3. The third-order valence-electron chi connectivity index (χ3n) is 5.73. The van der Waals surface area contributed by atoms with Crippen LogP contribution in [0, 0.1) is 20.8 Å². The van der Waals surface area contributed by atoms with E-state index in [9.17, 15) is 13.2 Å². The minimum Gasteiger partial charge on any atom is -0.272 e. The lowest BCUT2D eigenvalue weighted by Crippen LogP contribution is -2.39. The number of nitrogens with one attached hydrogen (secondary N) is 1. The van der Waals surface area contributed by atoms with E-state index in [1.54, 1.807) is 20.1 Å². The molecule has 0 unspecified atom stereocenters. The van der Waals surface area contributed by atoms with E-state index in [1.807, 2.05) is 73.7 Å². The van der Waals surface area contributed by atoms with E-state index in [-0.39, 0.29) is 18.0 Å². The second-order valence-electron chi connectivity index (χ2n) is 9.10. The maximum Gasteiger partial charge on any atom is 0.255 e. The van der Waals surface area contributed by atoms with Crippen molar-refractivity contribution in [2.75, 3.05) is 6.54 Å². The molecule has 6 nitrogen and oxygen atoms in total. The molecule has 0 spiro atoms. The van der Waals surface area contributed by atoms with Gasteiger partial charge in [-0.1, -0.05) is 86.1 Å². The zero-order valence-electron chi connectivity index (χ0n) is 20.9. The summed E-state index contributed by atoms with van der Waals surface area (Å²) in [6, 6.07) is 20.8. The summed E-state index contributed by atoms with van der Waals surface area (Å²) in [5, 5.41) is 4.03. The monoisotopic (exact) mass is 491 g/mol. The van der Waals surface area contributed by atoms with Gasteiger partial charge in [0.2, 0.25) is 10.0 Å². The molecule has 0 heterocycles. The van der Waals surface area contributed by atoms with Gasteiger partial charge in [0.15, 0.2) is 0 Å². The van der Waals surface area contributed by atoms with Crippen LogP contribution in [0.25, 0.3) is 0 Å². The third-order valence-corrected chi connectivity index (χ3v) is 7.83. The molecule has 0 saturated heterocycles. The van der Waals surface area contributed by atoms with Gasteiger partial charge in [0.05, 0.1) is 17.7 Å². The van der Waals surface area contributed by atoms with Crippen molar-refractivity contribution in [2.45, 2.75) is 52.0 Å². The normalized spacial score (nSPS) is 12.0. The number of aryl methyl sites for hydroxylation is 3. The van der Waals surface area contributed by atoms with Crippen LogP contribution in [-0.2, 0) is 21.4 Å². The molecule has 0 bridgehead atoms. The Morgan fingerprint density at radius 3 is 2.14 bits per heavy atom. The molecule has 0 atom stereocenters. The lowest BCUT2D eigenvalue weighted by atomic mass is 10.0. The quantitative estimate of drug-likeness (QED) is 0.335. The molecule has 3 rings (SSSR count). The van der Waals surface area contributed by atoms with E-state index in [0.29, 0.717) is 17.0 Å². The number of hydrazone groups is 1. The Kier molecular flexibility index (Phi) is 8.59. The highest BCUT2D eigenvalue weighted by atomic mass is 32.2. The number of carbonyl (C=O) groups excluding carboxylic acids is 1. The van der Waals surface area contributed by atoms with Gasteiger partial charge in [-0.3, -0.25) is 4.79 Å². The minimum absolute atomic E-state index is 0.0731. The molecule has 1 N–H and O–H groups in total. The summed E-state index contributed by atoms with van der Waals surface area (Å²) in [6.45, 7) is 9.46. The highest BCUT2D eigenvalue weighted by Crippen LogP contribution is 2.26. The Morgan fingerprint density at radius 1 is 0.971 bits per heavy atom. The molecule has 0 fully saturated rings. The molecule has 3 aromatic rings. The molecule has 0 aliphatic heterocycles. The third kappa shape index (κ3) is 6.87. The van der Waals surface area contributed by atoms with Crippen LogP contribution in [0.5, 0.6) is 0 Å². The molecular weight excluding hydrogens is 458 g/mol. The second kappa shape index (κ2) is 11.4. The van der Waals surface area contributed by atoms with Crippen LogP contribution in [0.3, 0.4) is 0 Å². The van der Waals surface area contributed by atoms with Crippen molar-refractivity contribution in [1.82, 2.24) is 9.73 Å². The largest absolute Gasteiger partial charge is 0.272 e. The molecule has 0 saturated carbocycles. The molecule has 0 aliphatic rings. The lowest BCUT2D eigenvalue weighted by Gasteiger charge is -2.24. The van der Waals surface area contributed by atoms with E-state index >= 15 is 0 Å². The number of sulfonamides is 1. The zero-order valence-corrected chi connectivity index (χ0v) is 21.8. The van der Waals surface area contributed by atoms with Crippen LogP contribution < -0.4 is 5.43 Å². The predicted molar refractivity (Wildman–Crippen MR) is 141 cm³/mol. The average Bonchev–Trinajstić information content (AvgIpc) is 2.79. The second-order valence-corrected chi connectivity index (χ2v) is 11.0. The van der Waals surface area contributed by atoms with Crippen LogP contribution in [0.4, 0.5) is 0 Å². The van der Waals surface area contributed by atoms with Gasteiger partial charge in [-0.25, -0.2) is 13.8 Å². The summed E-state index contributed by atoms with van der Waals surface area (Å²) >= 11 is 0. The summed E-state index contributed by atoms with van der Waals surface area (Å²) in [7, 11) is -3.94. The molecule has 7 heteroatoms. The molecule has 0 aliphatic carbocycles. The van der Waals surface area contributed by atoms with Crippen LogP contribution in [0.2, 0.25) is 0 Å². The van der Waals surface area contributed by atoms with Crippen molar-refractivity contribution in [2.24, 2.45) is 5.10 Å². The van der Waals surface area contributed by atoms with E-state index in [0.717, 1.165) is 16.7 Å². The highest BCUT2D eigenvalue weighted by molar-refractivity contribution is 7.89. The van der Waals surface area contributed by atoms with Crippen molar-refractivity contribution >= 4 is 22.1 Å². The van der Waals surface area contributed by atoms with Gasteiger partial charge in [-0.05, 0) is 54.5 Å². The van der Waals surface area contributed by atoms with Crippen LogP contribution >= 0.6 is 0 Å². The Hall–Kier alpha value is -3.29. The highest BCUT2D eigenvalue weighted by Gasteiger charge is 2.29. The fourth-order valence-electron chi connectivity index (χ4n) is 4.06. The van der Waals surface area contributed by atoms with Gasteiger partial charge in [-0.15, -0.1) is 0 Å². The van der Waals surface area contributed by atoms with E-state index in [4.69, 9.17) is 0 Å². The smallest absolute Gasteiger partial charge is 0.255 e. The summed E-state index contributed by atoms with van der Waals surface area (Å²) < 4.78 is 28.6. The Bertz CT molecular complexity index is 1280. The molecule has 184 valence electrons. The number of rotatable bonds is 9. The number of carbonyl (C=O) groups is 1. The summed E-state index contributed by atoms with van der Waals surface area (Å²) in [6.07, 6.45) is 1.55. The van der Waals surface area contributed by atoms with Crippen molar-refractivity contribution in [3.63, 3.8) is 0 Å². The van der Waals surface area contributed by atoms with Gasteiger partial charge < -0.3 is 0 Å². The minimum atomic E-state index is -3.94. The predicted octanol–water partition coefficient (Wildman–Crippen LogP) is 5.08. The van der Waals surface area contributed by atoms with E-state index in [2.05, 4.69) is 24.4 Å². The molecule has 0 aromatic heterocycles. The number of hydrogen-bond acceptors (Lipinski definition) is 4. The first-order chi connectivity index (χ1) is 16.6. The molecule has 1 amide bonds. The van der Waals surface area contributed by atoms with Crippen molar-refractivity contribution < 1.29 is 13.2 Å². The number of amides is 1. The van der Waals surface area contributed by atoms with Crippen LogP contribution in [0.15, 0.2) is 76.7 Å². The van der Waals surface area contributed by atoms with Gasteiger partial charge in [0, 0.05) is 6.54 Å². The number of hydrogen-bond donors (Lipinski definition) is 1. The standard InChI is InChI=1S/C28H33N3O3S/c1-20(2)26-13-11-24(12-14-26)17-29-30-27(32)19-31(18-25-9-7-6-8-10-25)35(33,34)28-22(4)15-21(3)16-23(28)5/h6-17,20H,18-19H2,1-5H3,(H,30,32)/b29-17-. The van der Waals surface area contributed by atoms with Crippen LogP contribution in [0.1, 0.15) is 53.1 Å². The van der Waals surface area contributed by atoms with Gasteiger partial charge in [-0.2, -0.15) is 9.41 Å². The fraction of sp³-hybridized carbons (Fsp3) is 0.286.